The number of aromatic nitrogens is 5. The van der Waals surface area contributed by atoms with Crippen LogP contribution in [0.25, 0.3) is 28.3 Å². The van der Waals surface area contributed by atoms with Crippen molar-refractivity contribution >= 4 is 0 Å². The Bertz CT molecular complexity index is 1020. The van der Waals surface area contributed by atoms with Crippen molar-refractivity contribution in [3.05, 3.63) is 84.2 Å². The summed E-state index contributed by atoms with van der Waals surface area (Å²) in [6.07, 6.45) is 4.84. The molecule has 0 aliphatic carbocycles. The molecule has 4 rings (SSSR count). The van der Waals surface area contributed by atoms with Crippen molar-refractivity contribution < 1.29 is 13.8 Å². The van der Waals surface area contributed by atoms with Crippen LogP contribution in [0.3, 0.4) is 0 Å². The van der Waals surface area contributed by atoms with Crippen molar-refractivity contribution in [1.82, 2.24) is 15.3 Å². The van der Waals surface area contributed by atoms with Gasteiger partial charge in [0.25, 0.3) is 0 Å². The van der Waals surface area contributed by atoms with Crippen molar-refractivity contribution in [2.75, 3.05) is 0 Å². The lowest BCUT2D eigenvalue weighted by Gasteiger charge is -2.04. The van der Waals surface area contributed by atoms with Gasteiger partial charge in [0.15, 0.2) is 18.1 Å². The van der Waals surface area contributed by atoms with Gasteiger partial charge >= 0.3 is 0 Å². The highest BCUT2D eigenvalue weighted by atomic mass is 19.1. The zero-order chi connectivity index (χ0) is 17.2. The molecule has 0 aliphatic heterocycles. The number of benzene rings is 1. The lowest BCUT2D eigenvalue weighted by atomic mass is 10.2. The second kappa shape index (κ2) is 6.12. The minimum atomic E-state index is -0.296. The molecule has 0 unspecified atom stereocenters. The number of halogens is 1. The minimum Gasteiger partial charge on any atom is -0.618 e. The number of hydrogen-bond donors (Lipinski definition) is 1. The van der Waals surface area contributed by atoms with E-state index >= 15 is 0 Å². The summed E-state index contributed by atoms with van der Waals surface area (Å²) in [7, 11) is 0. The number of pyridine rings is 2. The van der Waals surface area contributed by atoms with Crippen LogP contribution >= 0.6 is 0 Å². The van der Waals surface area contributed by atoms with E-state index in [9.17, 15) is 9.60 Å². The average molecular weight is 334 g/mol. The van der Waals surface area contributed by atoms with Gasteiger partial charge in [-0.3, -0.25) is 0 Å². The predicted molar refractivity (Wildman–Crippen MR) is 87.7 cm³/mol. The summed E-state index contributed by atoms with van der Waals surface area (Å²) in [4.78, 5) is 4.21. The summed E-state index contributed by atoms with van der Waals surface area (Å²) in [5.41, 5.74) is 3.20. The molecule has 3 aromatic heterocycles. The average Bonchev–Trinajstić information content (AvgIpc) is 3.13. The van der Waals surface area contributed by atoms with Gasteiger partial charge in [-0.2, -0.15) is 4.73 Å². The van der Waals surface area contributed by atoms with Gasteiger partial charge in [0.05, 0.1) is 12.1 Å². The number of nitrogens with zero attached hydrogens (tertiary/aromatic N) is 4. The monoisotopic (exact) mass is 334 g/mol. The number of hydrogen-bond acceptors (Lipinski definition) is 3. The first-order valence-electron chi connectivity index (χ1n) is 7.59. The van der Waals surface area contributed by atoms with Crippen LogP contribution < -0.4 is 9.41 Å². The molecule has 0 radical (unpaired) electrons. The summed E-state index contributed by atoms with van der Waals surface area (Å²) >= 11 is 0. The van der Waals surface area contributed by atoms with Gasteiger partial charge in [-0.1, -0.05) is 11.3 Å². The molecule has 0 fully saturated rings. The van der Waals surface area contributed by atoms with Crippen molar-refractivity contribution in [1.29, 1.82) is 0 Å². The molecule has 6 nitrogen and oxygen atoms in total. The largest absolute Gasteiger partial charge is 0.618 e. The molecular formula is C18H13FN5O+. The maximum absolute atomic E-state index is 13.0. The van der Waals surface area contributed by atoms with E-state index in [2.05, 4.69) is 15.3 Å². The van der Waals surface area contributed by atoms with Gasteiger partial charge in [-0.05, 0) is 36.4 Å². The molecule has 0 bridgehead atoms. The van der Waals surface area contributed by atoms with Crippen molar-refractivity contribution in [3.63, 3.8) is 0 Å². The van der Waals surface area contributed by atoms with Crippen LogP contribution in [0.15, 0.2) is 73.2 Å². The first-order valence-corrected chi connectivity index (χ1v) is 7.59. The zero-order valence-corrected chi connectivity index (χ0v) is 13.0. The molecule has 1 N–H and O–H groups in total. The second-order valence-electron chi connectivity index (χ2n) is 5.41. The number of nitrogens with one attached hydrogen (secondary N) is 1. The lowest BCUT2D eigenvalue weighted by Crippen LogP contribution is -2.36. The summed E-state index contributed by atoms with van der Waals surface area (Å²) in [5.74, 6) is -0.296. The Hall–Kier alpha value is -3.61. The minimum absolute atomic E-state index is 0.296. The Morgan fingerprint density at radius 2 is 1.84 bits per heavy atom. The molecule has 0 spiro atoms. The van der Waals surface area contributed by atoms with Crippen molar-refractivity contribution in [2.45, 2.75) is 0 Å². The first kappa shape index (κ1) is 14.9. The van der Waals surface area contributed by atoms with E-state index in [0.717, 1.165) is 16.0 Å². The molecule has 7 heteroatoms. The van der Waals surface area contributed by atoms with E-state index in [1.165, 1.54) is 18.3 Å². The van der Waals surface area contributed by atoms with Crippen LogP contribution in [0.5, 0.6) is 0 Å². The standard InChI is InChI=1S/C18H12FN5O/c19-14-6-4-13(5-7-14)17-12-23(22-21-17)15-8-10-24(25)18(11-15)16-3-1-2-9-20-16/h1-12H/p+1. The van der Waals surface area contributed by atoms with Gasteiger partial charge in [0, 0.05) is 16.9 Å². The van der Waals surface area contributed by atoms with Crippen LogP contribution in [0, 0.1) is 11.0 Å². The van der Waals surface area contributed by atoms with Crippen LogP contribution in [0.4, 0.5) is 4.39 Å². The Morgan fingerprint density at radius 1 is 1.00 bits per heavy atom. The smallest absolute Gasteiger partial charge is 0.249 e. The van der Waals surface area contributed by atoms with Crippen LogP contribution in [-0.2, 0) is 0 Å². The van der Waals surface area contributed by atoms with Gasteiger partial charge in [0.2, 0.25) is 11.4 Å². The Morgan fingerprint density at radius 3 is 2.60 bits per heavy atom. The molecule has 4 aromatic rings. The quantitative estimate of drug-likeness (QED) is 0.461. The number of aromatic amines is 1. The van der Waals surface area contributed by atoms with Crippen molar-refractivity contribution in [2.24, 2.45) is 0 Å². The third-order valence-electron chi connectivity index (χ3n) is 3.78. The fourth-order valence-electron chi connectivity index (χ4n) is 2.51. The zero-order valence-electron chi connectivity index (χ0n) is 13.0. The molecule has 122 valence electrons. The summed E-state index contributed by atoms with van der Waals surface area (Å²) in [6, 6.07) is 14.9. The number of H-pyrrole nitrogens is 1. The summed E-state index contributed by atoms with van der Waals surface area (Å²) in [5, 5.41) is 19.2. The Balaban J connectivity index is 1.72. The second-order valence-corrected chi connectivity index (χ2v) is 5.41. The van der Waals surface area contributed by atoms with Crippen LogP contribution in [-0.4, -0.2) is 15.3 Å². The van der Waals surface area contributed by atoms with E-state index in [-0.39, 0.29) is 5.82 Å². The molecule has 0 saturated heterocycles. The SMILES string of the molecule is [O-][n+]1ccc(-[n+]2cc(-c3ccc(F)cc3)n[nH]2)cc1-c1ccccn1. The highest BCUT2D eigenvalue weighted by molar-refractivity contribution is 5.57. The maximum Gasteiger partial charge on any atom is 0.249 e. The first-order chi connectivity index (χ1) is 12.2. The van der Waals surface area contributed by atoms with E-state index in [0.29, 0.717) is 17.1 Å². The lowest BCUT2D eigenvalue weighted by molar-refractivity contribution is -0.661. The third kappa shape index (κ3) is 2.94. The maximum atomic E-state index is 13.0. The van der Waals surface area contributed by atoms with Crippen LogP contribution in [0.1, 0.15) is 0 Å². The van der Waals surface area contributed by atoms with E-state index < -0.39 is 0 Å². The normalized spacial score (nSPS) is 10.8. The van der Waals surface area contributed by atoms with E-state index in [1.807, 2.05) is 6.07 Å². The van der Waals surface area contributed by atoms with Crippen molar-refractivity contribution in [3.8, 4) is 28.3 Å². The topological polar surface area (TPSA) is 72.4 Å². The Kier molecular flexibility index (Phi) is 3.66. The van der Waals surface area contributed by atoms with Crippen LogP contribution in [0.2, 0.25) is 0 Å². The molecule has 0 aliphatic rings. The van der Waals surface area contributed by atoms with Gasteiger partial charge in [-0.25, -0.2) is 9.37 Å². The van der Waals surface area contributed by atoms with Gasteiger partial charge in [0.1, 0.15) is 11.5 Å². The third-order valence-corrected chi connectivity index (χ3v) is 3.78. The summed E-state index contributed by atoms with van der Waals surface area (Å²) < 4.78 is 15.5. The molecule has 0 saturated carbocycles. The molecule has 0 amide bonds. The predicted octanol–water partition coefficient (Wildman–Crippen LogP) is 2.19. The molecule has 0 atom stereocenters. The highest BCUT2D eigenvalue weighted by Crippen LogP contribution is 2.16. The fraction of sp³-hybridized carbons (Fsp3) is 0. The highest BCUT2D eigenvalue weighted by Gasteiger charge is 2.17. The van der Waals surface area contributed by atoms with E-state index in [1.54, 1.807) is 53.5 Å². The van der Waals surface area contributed by atoms with Gasteiger partial charge in [-0.15, -0.1) is 4.68 Å². The van der Waals surface area contributed by atoms with Gasteiger partial charge < -0.3 is 5.21 Å². The molecule has 25 heavy (non-hydrogen) atoms. The van der Waals surface area contributed by atoms with E-state index in [4.69, 9.17) is 0 Å². The number of rotatable bonds is 3. The fourth-order valence-corrected chi connectivity index (χ4v) is 2.51. The molecule has 3 heterocycles. The summed E-state index contributed by atoms with van der Waals surface area (Å²) in [6.45, 7) is 0. The molecular weight excluding hydrogens is 321 g/mol. The Labute approximate surface area is 142 Å². The molecule has 1 aromatic carbocycles.